The van der Waals surface area contributed by atoms with E-state index in [1.807, 2.05) is 0 Å². The van der Waals surface area contributed by atoms with Gasteiger partial charge >= 0.3 is 6.09 Å². The summed E-state index contributed by atoms with van der Waals surface area (Å²) < 4.78 is 0. The van der Waals surface area contributed by atoms with E-state index in [2.05, 4.69) is 16.8 Å². The first kappa shape index (κ1) is 12.2. The average Bonchev–Trinajstić information content (AvgIpc) is 2.62. The molecule has 0 aromatic rings. The SMILES string of the molecule is CN1C2CCC1CC(N1CCN(C(=O)O)CC1)C2. The van der Waals surface area contributed by atoms with E-state index in [0.29, 0.717) is 19.1 Å². The molecule has 0 aromatic carbocycles. The normalized spacial score (nSPS) is 38.1. The Kier molecular flexibility index (Phi) is 3.20. The van der Waals surface area contributed by atoms with Crippen LogP contribution in [0.5, 0.6) is 0 Å². The molecule has 3 aliphatic rings. The van der Waals surface area contributed by atoms with Crippen LogP contribution in [0.3, 0.4) is 0 Å². The van der Waals surface area contributed by atoms with Crippen molar-refractivity contribution < 1.29 is 9.90 Å². The summed E-state index contributed by atoms with van der Waals surface area (Å²) in [6, 6.07) is 2.23. The third-order valence-electron chi connectivity index (χ3n) is 5.17. The van der Waals surface area contributed by atoms with Gasteiger partial charge in [0.2, 0.25) is 0 Å². The summed E-state index contributed by atoms with van der Waals surface area (Å²) in [5, 5.41) is 8.96. The fourth-order valence-electron chi connectivity index (χ4n) is 3.96. The second-order valence-electron chi connectivity index (χ2n) is 5.98. The third kappa shape index (κ3) is 2.10. The maximum absolute atomic E-state index is 10.9. The zero-order valence-corrected chi connectivity index (χ0v) is 11.1. The van der Waals surface area contributed by atoms with Gasteiger partial charge in [0, 0.05) is 44.3 Å². The highest BCUT2D eigenvalue weighted by molar-refractivity contribution is 5.65. The Balaban J connectivity index is 1.56. The van der Waals surface area contributed by atoms with E-state index in [9.17, 15) is 4.79 Å². The summed E-state index contributed by atoms with van der Waals surface area (Å²) in [5.74, 6) is 0. The van der Waals surface area contributed by atoms with E-state index in [1.54, 1.807) is 4.90 Å². The monoisotopic (exact) mass is 253 g/mol. The van der Waals surface area contributed by atoms with E-state index in [0.717, 1.165) is 25.2 Å². The zero-order valence-electron chi connectivity index (χ0n) is 11.1. The van der Waals surface area contributed by atoms with Crippen molar-refractivity contribution in [3.63, 3.8) is 0 Å². The minimum absolute atomic E-state index is 0.678. The molecule has 0 aliphatic carbocycles. The lowest BCUT2D eigenvalue weighted by molar-refractivity contribution is 0.0405. The van der Waals surface area contributed by atoms with Gasteiger partial charge in [-0.15, -0.1) is 0 Å². The molecular formula is C13H23N3O2. The van der Waals surface area contributed by atoms with Gasteiger partial charge in [0.15, 0.2) is 0 Å². The number of hydrogen-bond donors (Lipinski definition) is 1. The minimum atomic E-state index is -0.766. The predicted octanol–water partition coefficient (Wildman–Crippen LogP) is 0.907. The van der Waals surface area contributed by atoms with Crippen LogP contribution in [0.1, 0.15) is 25.7 Å². The maximum Gasteiger partial charge on any atom is 0.407 e. The average molecular weight is 253 g/mol. The molecule has 0 spiro atoms. The largest absolute Gasteiger partial charge is 0.465 e. The molecule has 3 fully saturated rings. The standard InChI is InChI=1S/C13H23N3O2/c1-14-10-2-3-11(14)9-12(8-10)15-4-6-16(7-5-15)13(17)18/h10-12H,2-9H2,1H3,(H,17,18). The first-order valence-electron chi connectivity index (χ1n) is 7.09. The van der Waals surface area contributed by atoms with Crippen LogP contribution in [0, 0.1) is 0 Å². The van der Waals surface area contributed by atoms with Gasteiger partial charge in [-0.25, -0.2) is 4.79 Å². The molecule has 3 rings (SSSR count). The number of piperazine rings is 1. The van der Waals surface area contributed by atoms with Gasteiger partial charge in [-0.2, -0.15) is 0 Å². The molecule has 1 N–H and O–H groups in total. The second kappa shape index (κ2) is 4.70. The van der Waals surface area contributed by atoms with E-state index in [4.69, 9.17) is 5.11 Å². The van der Waals surface area contributed by atoms with Crippen molar-refractivity contribution in [2.45, 2.75) is 43.8 Å². The first-order valence-corrected chi connectivity index (χ1v) is 7.09. The van der Waals surface area contributed by atoms with Crippen LogP contribution < -0.4 is 0 Å². The van der Waals surface area contributed by atoms with Gasteiger partial charge < -0.3 is 14.9 Å². The fraction of sp³-hybridized carbons (Fsp3) is 0.923. The molecule has 2 bridgehead atoms. The van der Waals surface area contributed by atoms with Crippen molar-refractivity contribution in [1.29, 1.82) is 0 Å². The molecule has 18 heavy (non-hydrogen) atoms. The predicted molar refractivity (Wildman–Crippen MR) is 68.8 cm³/mol. The first-order chi connectivity index (χ1) is 8.65. The molecule has 2 unspecified atom stereocenters. The van der Waals surface area contributed by atoms with Crippen molar-refractivity contribution in [3.05, 3.63) is 0 Å². The highest BCUT2D eigenvalue weighted by Gasteiger charge is 2.40. The van der Waals surface area contributed by atoms with Gasteiger partial charge in [-0.05, 0) is 32.7 Å². The van der Waals surface area contributed by atoms with Crippen LogP contribution in [0.25, 0.3) is 0 Å². The Labute approximate surface area is 108 Å². The molecule has 5 heteroatoms. The summed E-state index contributed by atoms with van der Waals surface area (Å²) in [6.07, 6.45) is 4.50. The Morgan fingerprint density at radius 3 is 2.06 bits per heavy atom. The summed E-state index contributed by atoms with van der Waals surface area (Å²) >= 11 is 0. The molecule has 3 aliphatic heterocycles. The van der Waals surface area contributed by atoms with Gasteiger partial charge in [0.1, 0.15) is 0 Å². The fourth-order valence-corrected chi connectivity index (χ4v) is 3.96. The van der Waals surface area contributed by atoms with Crippen LogP contribution in [0.15, 0.2) is 0 Å². The summed E-state index contributed by atoms with van der Waals surface area (Å²) in [5.41, 5.74) is 0. The van der Waals surface area contributed by atoms with Crippen LogP contribution in [0.4, 0.5) is 4.79 Å². The maximum atomic E-state index is 10.9. The molecule has 0 saturated carbocycles. The van der Waals surface area contributed by atoms with Gasteiger partial charge in [-0.1, -0.05) is 0 Å². The van der Waals surface area contributed by atoms with Crippen molar-refractivity contribution >= 4 is 6.09 Å². The molecule has 3 heterocycles. The highest BCUT2D eigenvalue weighted by atomic mass is 16.4. The van der Waals surface area contributed by atoms with Crippen molar-refractivity contribution in [2.75, 3.05) is 33.2 Å². The Bertz CT molecular complexity index is 314. The lowest BCUT2D eigenvalue weighted by Gasteiger charge is -2.44. The molecule has 3 saturated heterocycles. The zero-order chi connectivity index (χ0) is 12.7. The molecule has 102 valence electrons. The van der Waals surface area contributed by atoms with Crippen LogP contribution in [-0.4, -0.2) is 77.3 Å². The quantitative estimate of drug-likeness (QED) is 0.754. The number of fused-ring (bicyclic) bond motifs is 2. The number of amides is 1. The molecule has 0 aromatic heterocycles. The van der Waals surface area contributed by atoms with Crippen LogP contribution in [0.2, 0.25) is 0 Å². The van der Waals surface area contributed by atoms with Crippen LogP contribution in [-0.2, 0) is 0 Å². The number of hydrogen-bond acceptors (Lipinski definition) is 3. The summed E-state index contributed by atoms with van der Waals surface area (Å²) in [7, 11) is 2.26. The summed E-state index contributed by atoms with van der Waals surface area (Å²) in [6.45, 7) is 3.19. The van der Waals surface area contributed by atoms with E-state index in [-0.39, 0.29) is 0 Å². The number of piperidine rings is 1. The summed E-state index contributed by atoms with van der Waals surface area (Å²) in [4.78, 5) is 17.5. The molecule has 1 amide bonds. The number of nitrogens with zero attached hydrogens (tertiary/aromatic N) is 3. The van der Waals surface area contributed by atoms with Gasteiger partial charge in [-0.3, -0.25) is 4.90 Å². The molecule has 0 radical (unpaired) electrons. The van der Waals surface area contributed by atoms with E-state index in [1.165, 1.54) is 25.7 Å². The van der Waals surface area contributed by atoms with E-state index < -0.39 is 6.09 Å². The number of carbonyl (C=O) groups is 1. The Morgan fingerprint density at radius 2 is 1.56 bits per heavy atom. The van der Waals surface area contributed by atoms with Crippen LogP contribution >= 0.6 is 0 Å². The van der Waals surface area contributed by atoms with Gasteiger partial charge in [0.05, 0.1) is 0 Å². The molecule has 5 nitrogen and oxygen atoms in total. The van der Waals surface area contributed by atoms with Crippen molar-refractivity contribution in [3.8, 4) is 0 Å². The second-order valence-corrected chi connectivity index (χ2v) is 5.98. The lowest BCUT2D eigenvalue weighted by Crippen LogP contribution is -2.55. The third-order valence-corrected chi connectivity index (χ3v) is 5.17. The molecular weight excluding hydrogens is 230 g/mol. The number of carboxylic acid groups (broad SMARTS) is 1. The number of rotatable bonds is 1. The molecule has 2 atom stereocenters. The highest BCUT2D eigenvalue weighted by Crippen LogP contribution is 2.36. The lowest BCUT2D eigenvalue weighted by atomic mass is 9.96. The minimum Gasteiger partial charge on any atom is -0.465 e. The topological polar surface area (TPSA) is 47.0 Å². The van der Waals surface area contributed by atoms with E-state index >= 15 is 0 Å². The van der Waals surface area contributed by atoms with Crippen molar-refractivity contribution in [2.24, 2.45) is 0 Å². The Hall–Kier alpha value is -0.810. The smallest absolute Gasteiger partial charge is 0.407 e. The van der Waals surface area contributed by atoms with Crippen molar-refractivity contribution in [1.82, 2.24) is 14.7 Å². The van der Waals surface area contributed by atoms with Gasteiger partial charge in [0.25, 0.3) is 0 Å². The Morgan fingerprint density at radius 1 is 1.00 bits per heavy atom.